The summed E-state index contributed by atoms with van der Waals surface area (Å²) in [4.78, 5) is 35.8. The number of hydrogen-bond acceptors (Lipinski definition) is 6. The number of rotatable bonds is 9. The molecule has 1 aliphatic carbocycles. The fourth-order valence-corrected chi connectivity index (χ4v) is 2.95. The number of carboxylic acid groups (broad SMARTS) is 1. The van der Waals surface area contributed by atoms with Crippen molar-refractivity contribution >= 4 is 25.5 Å². The van der Waals surface area contributed by atoms with Gasteiger partial charge in [0.1, 0.15) is 17.4 Å². The summed E-state index contributed by atoms with van der Waals surface area (Å²) in [6.45, 7) is 2.49. The van der Waals surface area contributed by atoms with Crippen molar-refractivity contribution < 1.29 is 33.9 Å². The number of ether oxygens (including phenoxy) is 1. The Morgan fingerprint density at radius 2 is 2.04 bits per heavy atom. The van der Waals surface area contributed by atoms with Crippen molar-refractivity contribution in [2.75, 3.05) is 13.1 Å². The number of hydrogen-bond donors (Lipinski definition) is 3. The highest BCUT2D eigenvalue weighted by Crippen LogP contribution is 2.31. The fraction of sp³-hybridized carbons (Fsp3) is 0.562. The Kier molecular flexibility index (Phi) is 6.81. The lowest BCUT2D eigenvalue weighted by Gasteiger charge is -2.40. The minimum absolute atomic E-state index is 0.00695. The van der Waals surface area contributed by atoms with E-state index in [-0.39, 0.29) is 42.1 Å². The van der Waals surface area contributed by atoms with Gasteiger partial charge in [-0.1, -0.05) is 13.0 Å². The quantitative estimate of drug-likeness (QED) is 0.460. The summed E-state index contributed by atoms with van der Waals surface area (Å²) in [6.07, 6.45) is 2.84. The number of nitrogens with two attached hydrogens (primary N) is 1. The van der Waals surface area contributed by atoms with Gasteiger partial charge in [0.15, 0.2) is 0 Å². The third kappa shape index (κ3) is 4.64. The summed E-state index contributed by atoms with van der Waals surface area (Å²) in [6, 6.07) is 0. The van der Waals surface area contributed by atoms with Crippen LogP contribution in [0.5, 0.6) is 0 Å². The molecular weight excluding hydrogens is 343 g/mol. The number of carbonyl (C=O) groups is 3. The number of likely N-dealkylation sites (tertiary alicyclic amines) is 1. The second-order valence-corrected chi connectivity index (χ2v) is 6.18. The molecule has 0 aromatic carbocycles. The SMILES string of the molecule is CCC1C=CC(OC2CN(C(=O)CCC(N)=O)C2)=C(C(=O)O)C1O[B]O. The second-order valence-electron chi connectivity index (χ2n) is 6.18. The summed E-state index contributed by atoms with van der Waals surface area (Å²) < 4.78 is 10.8. The van der Waals surface area contributed by atoms with E-state index in [2.05, 4.69) is 0 Å². The molecule has 0 saturated carbocycles. The van der Waals surface area contributed by atoms with Gasteiger partial charge in [0, 0.05) is 18.8 Å². The van der Waals surface area contributed by atoms with Gasteiger partial charge in [0.25, 0.3) is 0 Å². The average molecular weight is 365 g/mol. The molecule has 1 fully saturated rings. The van der Waals surface area contributed by atoms with Crippen molar-refractivity contribution in [3.05, 3.63) is 23.5 Å². The predicted octanol–water partition coefficient (Wildman–Crippen LogP) is -0.674. The largest absolute Gasteiger partial charge is 0.486 e. The lowest BCUT2D eigenvalue weighted by atomic mass is 9.87. The van der Waals surface area contributed by atoms with E-state index in [1.165, 1.54) is 4.90 Å². The van der Waals surface area contributed by atoms with Crippen LogP contribution in [0.4, 0.5) is 0 Å². The van der Waals surface area contributed by atoms with E-state index in [1.54, 1.807) is 12.2 Å². The van der Waals surface area contributed by atoms with Gasteiger partial charge in [-0.15, -0.1) is 0 Å². The smallest absolute Gasteiger partial charge is 0.485 e. The third-order valence-corrected chi connectivity index (χ3v) is 4.42. The fourth-order valence-electron chi connectivity index (χ4n) is 2.95. The van der Waals surface area contributed by atoms with E-state index in [1.807, 2.05) is 6.92 Å². The standard InChI is InChI=1S/C16H22BN2O7/c1-2-9-3-4-11(14(16(22)23)15(9)26-17-24)25-10-7-19(8-10)13(21)6-5-12(18)20/h3-4,9-10,15,24H,2,5-8H2,1H3,(H2,18,20)(H,22,23). The molecule has 0 aromatic heterocycles. The number of amides is 2. The van der Waals surface area contributed by atoms with Crippen LogP contribution in [0.2, 0.25) is 0 Å². The van der Waals surface area contributed by atoms with Crippen LogP contribution in [0.3, 0.4) is 0 Å². The highest BCUT2D eigenvalue weighted by Gasteiger charge is 2.37. The number of primary amides is 1. The van der Waals surface area contributed by atoms with Crippen LogP contribution in [0.1, 0.15) is 26.2 Å². The molecule has 2 amide bonds. The van der Waals surface area contributed by atoms with Crippen LogP contribution in [0, 0.1) is 5.92 Å². The number of carbonyl (C=O) groups excluding carboxylic acids is 2. The molecule has 26 heavy (non-hydrogen) atoms. The molecule has 1 saturated heterocycles. The van der Waals surface area contributed by atoms with Crippen LogP contribution < -0.4 is 5.73 Å². The minimum Gasteiger partial charge on any atom is -0.486 e. The van der Waals surface area contributed by atoms with Crippen molar-refractivity contribution in [1.82, 2.24) is 4.90 Å². The molecule has 9 nitrogen and oxygen atoms in total. The highest BCUT2D eigenvalue weighted by molar-refractivity contribution is 6.16. The lowest BCUT2D eigenvalue weighted by molar-refractivity contribution is -0.144. The van der Waals surface area contributed by atoms with E-state index in [0.29, 0.717) is 27.2 Å². The van der Waals surface area contributed by atoms with Gasteiger partial charge in [-0.05, 0) is 12.5 Å². The maximum Gasteiger partial charge on any atom is 0.485 e. The van der Waals surface area contributed by atoms with Gasteiger partial charge in [0.05, 0.1) is 19.2 Å². The van der Waals surface area contributed by atoms with E-state index < -0.39 is 18.0 Å². The van der Waals surface area contributed by atoms with Crippen LogP contribution in [-0.2, 0) is 23.8 Å². The van der Waals surface area contributed by atoms with Crippen molar-refractivity contribution in [2.24, 2.45) is 11.7 Å². The van der Waals surface area contributed by atoms with Crippen LogP contribution >= 0.6 is 0 Å². The van der Waals surface area contributed by atoms with Crippen LogP contribution in [0.15, 0.2) is 23.5 Å². The third-order valence-electron chi connectivity index (χ3n) is 4.42. The van der Waals surface area contributed by atoms with Crippen molar-refractivity contribution in [3.63, 3.8) is 0 Å². The number of carboxylic acids is 1. The maximum absolute atomic E-state index is 11.8. The average Bonchev–Trinajstić information content (AvgIpc) is 2.55. The Hall–Kier alpha value is -2.33. The van der Waals surface area contributed by atoms with E-state index >= 15 is 0 Å². The maximum atomic E-state index is 11.8. The second kappa shape index (κ2) is 8.86. The Bertz CT molecular complexity index is 628. The normalized spacial score (nSPS) is 22.8. The molecule has 1 heterocycles. The summed E-state index contributed by atoms with van der Waals surface area (Å²) in [7, 11) is 0.482. The van der Waals surface area contributed by atoms with Gasteiger partial charge in [-0.3, -0.25) is 9.59 Å². The van der Waals surface area contributed by atoms with Crippen molar-refractivity contribution in [2.45, 2.75) is 38.4 Å². The Labute approximate surface area is 151 Å². The zero-order valence-corrected chi connectivity index (χ0v) is 14.5. The zero-order valence-electron chi connectivity index (χ0n) is 14.5. The number of nitrogens with zero attached hydrogens (tertiary/aromatic N) is 1. The first-order chi connectivity index (χ1) is 12.4. The van der Waals surface area contributed by atoms with Gasteiger partial charge >= 0.3 is 13.7 Å². The Morgan fingerprint density at radius 1 is 1.35 bits per heavy atom. The molecule has 1 radical (unpaired) electrons. The monoisotopic (exact) mass is 365 g/mol. The van der Waals surface area contributed by atoms with Gasteiger partial charge in [0.2, 0.25) is 11.8 Å². The molecule has 2 atom stereocenters. The molecule has 141 valence electrons. The number of aliphatic carboxylic acids is 1. The molecular formula is C16H22BN2O7. The van der Waals surface area contributed by atoms with E-state index in [0.717, 1.165) is 0 Å². The summed E-state index contributed by atoms with van der Waals surface area (Å²) in [5.41, 5.74) is 4.95. The zero-order chi connectivity index (χ0) is 19.3. The van der Waals surface area contributed by atoms with E-state index in [9.17, 15) is 19.5 Å². The first-order valence-electron chi connectivity index (χ1n) is 8.37. The van der Waals surface area contributed by atoms with Crippen LogP contribution in [-0.4, -0.2) is 65.8 Å². The minimum atomic E-state index is -1.19. The van der Waals surface area contributed by atoms with Gasteiger partial charge in [-0.2, -0.15) is 0 Å². The topological polar surface area (TPSA) is 139 Å². The van der Waals surface area contributed by atoms with Crippen LogP contribution in [0.25, 0.3) is 0 Å². The Balaban J connectivity index is 2.00. The van der Waals surface area contributed by atoms with Gasteiger partial charge in [-0.25, -0.2) is 4.79 Å². The first-order valence-corrected chi connectivity index (χ1v) is 8.37. The van der Waals surface area contributed by atoms with E-state index in [4.69, 9.17) is 20.1 Å². The summed E-state index contributed by atoms with van der Waals surface area (Å²) in [5.74, 6) is -1.97. The lowest BCUT2D eigenvalue weighted by Crippen LogP contribution is -2.55. The van der Waals surface area contributed by atoms with Crippen molar-refractivity contribution in [3.8, 4) is 0 Å². The highest BCUT2D eigenvalue weighted by atomic mass is 16.5. The summed E-state index contributed by atoms with van der Waals surface area (Å²) in [5, 5.41) is 18.5. The first kappa shape index (κ1) is 20.0. The molecule has 10 heteroatoms. The molecule has 0 aromatic rings. The number of allylic oxidation sites excluding steroid dienone is 1. The Morgan fingerprint density at radius 3 is 2.58 bits per heavy atom. The molecule has 2 unspecified atom stereocenters. The summed E-state index contributed by atoms with van der Waals surface area (Å²) >= 11 is 0. The molecule has 4 N–H and O–H groups in total. The molecule has 0 spiro atoms. The molecule has 0 bridgehead atoms. The van der Waals surface area contributed by atoms with Gasteiger partial charge < -0.3 is 30.2 Å². The molecule has 2 aliphatic rings. The predicted molar refractivity (Wildman–Crippen MR) is 90.3 cm³/mol. The molecule has 2 rings (SSSR count). The molecule has 1 aliphatic heterocycles. The van der Waals surface area contributed by atoms with Crippen molar-refractivity contribution in [1.29, 1.82) is 0 Å².